The molecule has 1 atom stereocenters. The number of carbonyl (C=O) groups excluding carboxylic acids is 1. The van der Waals surface area contributed by atoms with Gasteiger partial charge >= 0.3 is 0 Å². The smallest absolute Gasteiger partial charge is 0.290 e. The Morgan fingerprint density at radius 1 is 1.91 bits per heavy atom. The summed E-state index contributed by atoms with van der Waals surface area (Å²) in [6, 6.07) is 0. The first-order chi connectivity index (χ1) is 5.13. The second kappa shape index (κ2) is 2.53. The maximum atomic E-state index is 11.1. The largest absolute Gasteiger partial charge is 0.623 e. The molecule has 0 aliphatic carbocycles. The fourth-order valence-corrected chi connectivity index (χ4v) is 1.44. The lowest BCUT2D eigenvalue weighted by Gasteiger charge is -2.22. The van der Waals surface area contributed by atoms with Crippen LogP contribution < -0.4 is 5.73 Å². The number of primary amides is 1. The molecule has 1 aliphatic heterocycles. The summed E-state index contributed by atoms with van der Waals surface area (Å²) in [5.74, 6) is -0.510. The number of nitrogens with zero attached hydrogens (tertiary/aromatic N) is 1. The van der Waals surface area contributed by atoms with Crippen LogP contribution in [0.4, 0.5) is 0 Å². The molecular formula is C7H12N2O2. The Morgan fingerprint density at radius 2 is 2.55 bits per heavy atom. The second-order valence-electron chi connectivity index (χ2n) is 2.80. The Labute approximate surface area is 65.3 Å². The first-order valence-corrected chi connectivity index (χ1v) is 3.73. The standard InChI is InChI=1S/C7H12N2O2/c1-2-7(6(8)10)4-3-5-9(7)11/h5H,2-4H2,1H3,(H2,8,10). The summed E-state index contributed by atoms with van der Waals surface area (Å²) >= 11 is 0. The summed E-state index contributed by atoms with van der Waals surface area (Å²) in [6.45, 7) is 1.80. The Balaban J connectivity index is 2.93. The lowest BCUT2D eigenvalue weighted by Crippen LogP contribution is -2.48. The molecule has 11 heavy (non-hydrogen) atoms. The van der Waals surface area contributed by atoms with Gasteiger partial charge in [0.25, 0.3) is 5.91 Å². The third-order valence-electron chi connectivity index (χ3n) is 2.32. The van der Waals surface area contributed by atoms with Crippen molar-refractivity contribution in [3.63, 3.8) is 0 Å². The van der Waals surface area contributed by atoms with Gasteiger partial charge in [-0.15, -0.1) is 0 Å². The van der Waals surface area contributed by atoms with Crippen LogP contribution in [0.1, 0.15) is 26.2 Å². The van der Waals surface area contributed by atoms with Crippen molar-refractivity contribution in [2.45, 2.75) is 31.7 Å². The van der Waals surface area contributed by atoms with E-state index >= 15 is 0 Å². The van der Waals surface area contributed by atoms with Gasteiger partial charge in [-0.3, -0.25) is 4.79 Å². The van der Waals surface area contributed by atoms with E-state index in [1.54, 1.807) is 6.92 Å². The van der Waals surface area contributed by atoms with E-state index < -0.39 is 11.4 Å². The predicted molar refractivity (Wildman–Crippen MR) is 41.1 cm³/mol. The summed E-state index contributed by atoms with van der Waals surface area (Å²) in [4.78, 5) is 10.9. The fourth-order valence-electron chi connectivity index (χ4n) is 1.44. The van der Waals surface area contributed by atoms with Crippen LogP contribution >= 0.6 is 0 Å². The zero-order chi connectivity index (χ0) is 8.48. The first-order valence-electron chi connectivity index (χ1n) is 3.73. The van der Waals surface area contributed by atoms with Gasteiger partial charge in [0.2, 0.25) is 5.54 Å². The van der Waals surface area contributed by atoms with E-state index in [4.69, 9.17) is 5.73 Å². The minimum atomic E-state index is -0.944. The van der Waals surface area contributed by atoms with Crippen molar-refractivity contribution in [1.82, 2.24) is 0 Å². The highest BCUT2D eigenvalue weighted by molar-refractivity contribution is 5.85. The van der Waals surface area contributed by atoms with E-state index in [1.807, 2.05) is 0 Å². The van der Waals surface area contributed by atoms with Gasteiger partial charge in [0.1, 0.15) is 0 Å². The van der Waals surface area contributed by atoms with Gasteiger partial charge in [-0.05, 0) is 0 Å². The highest BCUT2D eigenvalue weighted by Crippen LogP contribution is 2.24. The molecule has 0 aromatic rings. The molecule has 0 radical (unpaired) electrons. The first kappa shape index (κ1) is 8.04. The van der Waals surface area contributed by atoms with Crippen molar-refractivity contribution < 1.29 is 9.53 Å². The number of hydrogen-bond acceptors (Lipinski definition) is 2. The molecular weight excluding hydrogens is 144 g/mol. The third-order valence-corrected chi connectivity index (χ3v) is 2.32. The summed E-state index contributed by atoms with van der Waals surface area (Å²) < 4.78 is 0.704. The van der Waals surface area contributed by atoms with E-state index in [9.17, 15) is 10.0 Å². The monoisotopic (exact) mass is 156 g/mol. The highest BCUT2D eigenvalue weighted by atomic mass is 16.5. The summed E-state index contributed by atoms with van der Waals surface area (Å²) in [5, 5.41) is 11.1. The zero-order valence-electron chi connectivity index (χ0n) is 6.54. The molecule has 1 aliphatic rings. The molecule has 62 valence electrons. The van der Waals surface area contributed by atoms with Crippen LogP contribution in [-0.2, 0) is 4.79 Å². The van der Waals surface area contributed by atoms with Crippen molar-refractivity contribution in [1.29, 1.82) is 0 Å². The van der Waals surface area contributed by atoms with Crippen molar-refractivity contribution in [2.24, 2.45) is 5.73 Å². The van der Waals surface area contributed by atoms with Gasteiger partial charge in [0.15, 0.2) is 6.21 Å². The number of hydrogen-bond donors (Lipinski definition) is 1. The Bertz CT molecular complexity index is 212. The number of hydroxylamine groups is 1. The highest BCUT2D eigenvalue weighted by Gasteiger charge is 2.46. The van der Waals surface area contributed by atoms with Gasteiger partial charge in [0.05, 0.1) is 0 Å². The van der Waals surface area contributed by atoms with Gasteiger partial charge < -0.3 is 10.9 Å². The zero-order valence-corrected chi connectivity index (χ0v) is 6.54. The maximum absolute atomic E-state index is 11.1. The van der Waals surface area contributed by atoms with Crippen molar-refractivity contribution in [3.8, 4) is 0 Å². The van der Waals surface area contributed by atoms with Crippen LogP contribution in [0.5, 0.6) is 0 Å². The molecule has 1 rings (SSSR count). The van der Waals surface area contributed by atoms with Crippen LogP contribution in [-0.4, -0.2) is 22.4 Å². The van der Waals surface area contributed by atoms with E-state index in [2.05, 4.69) is 0 Å². The topological polar surface area (TPSA) is 69.2 Å². The van der Waals surface area contributed by atoms with Gasteiger partial charge in [-0.2, -0.15) is 0 Å². The predicted octanol–water partition coefficient (Wildman–Crippen LogP) is -0.00460. The van der Waals surface area contributed by atoms with Gasteiger partial charge in [-0.25, -0.2) is 4.74 Å². The molecule has 0 fully saturated rings. The molecule has 4 nitrogen and oxygen atoms in total. The Kier molecular flexibility index (Phi) is 1.85. The average molecular weight is 156 g/mol. The lowest BCUT2D eigenvalue weighted by atomic mass is 9.93. The van der Waals surface area contributed by atoms with Crippen LogP contribution in [0.15, 0.2) is 0 Å². The van der Waals surface area contributed by atoms with Gasteiger partial charge in [-0.1, -0.05) is 6.92 Å². The fraction of sp³-hybridized carbons (Fsp3) is 0.714. The van der Waals surface area contributed by atoms with Crippen LogP contribution in [0.2, 0.25) is 0 Å². The summed E-state index contributed by atoms with van der Waals surface area (Å²) in [7, 11) is 0. The van der Waals surface area contributed by atoms with Crippen molar-refractivity contribution in [2.75, 3.05) is 0 Å². The van der Waals surface area contributed by atoms with Crippen LogP contribution in [0.25, 0.3) is 0 Å². The number of rotatable bonds is 2. The third kappa shape index (κ3) is 0.982. The number of amides is 1. The minimum absolute atomic E-state index is 0.488. The van der Waals surface area contributed by atoms with Gasteiger partial charge in [0, 0.05) is 19.3 Å². The second-order valence-corrected chi connectivity index (χ2v) is 2.80. The van der Waals surface area contributed by atoms with Crippen LogP contribution in [0, 0.1) is 5.21 Å². The minimum Gasteiger partial charge on any atom is -0.623 e. The molecule has 0 saturated heterocycles. The molecule has 2 N–H and O–H groups in total. The van der Waals surface area contributed by atoms with E-state index in [0.29, 0.717) is 24.0 Å². The van der Waals surface area contributed by atoms with Crippen molar-refractivity contribution in [3.05, 3.63) is 5.21 Å². The van der Waals surface area contributed by atoms with Crippen molar-refractivity contribution >= 4 is 12.1 Å². The van der Waals surface area contributed by atoms with E-state index in [1.165, 1.54) is 6.21 Å². The molecule has 1 amide bonds. The number of nitrogens with two attached hydrogens (primary N) is 1. The molecule has 0 spiro atoms. The quantitative estimate of drug-likeness (QED) is 0.451. The molecule has 1 heterocycles. The SMILES string of the molecule is CCC1(C(N)=O)CCC=[N+]1[O-]. The molecule has 0 aromatic carbocycles. The van der Waals surface area contributed by atoms with E-state index in [0.717, 1.165) is 0 Å². The molecule has 4 heteroatoms. The Hall–Kier alpha value is -1.06. The number of carbonyl (C=O) groups is 1. The van der Waals surface area contributed by atoms with E-state index in [-0.39, 0.29) is 0 Å². The molecule has 0 bridgehead atoms. The average Bonchev–Trinajstić information content (AvgIpc) is 2.32. The normalized spacial score (nSPS) is 30.1. The van der Waals surface area contributed by atoms with Crippen LogP contribution in [0.3, 0.4) is 0 Å². The maximum Gasteiger partial charge on any atom is 0.290 e. The Morgan fingerprint density at radius 3 is 2.73 bits per heavy atom. The summed E-state index contributed by atoms with van der Waals surface area (Å²) in [6.07, 6.45) is 3.18. The molecule has 1 unspecified atom stereocenters. The molecule has 0 saturated carbocycles. The molecule has 0 aromatic heterocycles. The lowest BCUT2D eigenvalue weighted by molar-refractivity contribution is -0.519. The summed E-state index contributed by atoms with van der Waals surface area (Å²) in [5.41, 5.74) is 4.19.